The van der Waals surface area contributed by atoms with E-state index in [0.717, 1.165) is 11.3 Å². The maximum absolute atomic E-state index is 13.2. The minimum absolute atomic E-state index is 0.0405. The molecule has 0 spiro atoms. The van der Waals surface area contributed by atoms with E-state index in [0.29, 0.717) is 15.9 Å². The van der Waals surface area contributed by atoms with E-state index in [-0.39, 0.29) is 5.02 Å². The first-order valence-electron chi connectivity index (χ1n) is 7.07. The van der Waals surface area contributed by atoms with Gasteiger partial charge in [0.05, 0.1) is 10.7 Å². The van der Waals surface area contributed by atoms with E-state index in [1.165, 1.54) is 29.0 Å². The van der Waals surface area contributed by atoms with Crippen LogP contribution in [0.2, 0.25) is 5.02 Å². The van der Waals surface area contributed by atoms with Gasteiger partial charge in [-0.25, -0.2) is 9.37 Å². The Morgan fingerprint density at radius 2 is 1.92 bits per heavy atom. The van der Waals surface area contributed by atoms with Crippen LogP contribution in [0.15, 0.2) is 47.8 Å². The Labute approximate surface area is 153 Å². The number of aromatic nitrogens is 1. The molecule has 1 heterocycles. The summed E-state index contributed by atoms with van der Waals surface area (Å²) in [5, 5.41) is 9.01. The number of halogens is 2. The Kier molecular flexibility index (Phi) is 5.08. The molecule has 0 radical (unpaired) electrons. The highest BCUT2D eigenvalue weighted by molar-refractivity contribution is 7.80. The van der Waals surface area contributed by atoms with Crippen molar-refractivity contribution in [2.45, 2.75) is 6.92 Å². The molecule has 0 saturated heterocycles. The number of hydrogen-bond donors (Lipinski definition) is 2. The summed E-state index contributed by atoms with van der Waals surface area (Å²) < 4.78 is 13.2. The number of benzene rings is 2. The average Bonchev–Trinajstić information content (AvgIpc) is 3.00. The van der Waals surface area contributed by atoms with Gasteiger partial charge in [0.1, 0.15) is 5.82 Å². The third-order valence-electron chi connectivity index (χ3n) is 3.25. The van der Waals surface area contributed by atoms with Gasteiger partial charge in [-0.15, -0.1) is 11.3 Å². The highest BCUT2D eigenvalue weighted by Crippen LogP contribution is 2.25. The van der Waals surface area contributed by atoms with Gasteiger partial charge in [-0.1, -0.05) is 41.4 Å². The lowest BCUT2D eigenvalue weighted by molar-refractivity contribution is 0.628. The minimum Gasteiger partial charge on any atom is -0.332 e. The number of aryl methyl sites for hydroxylation is 1. The second kappa shape index (κ2) is 7.25. The lowest BCUT2D eigenvalue weighted by Crippen LogP contribution is -2.18. The number of thiazole rings is 1. The van der Waals surface area contributed by atoms with Gasteiger partial charge in [0.2, 0.25) is 0 Å². The van der Waals surface area contributed by atoms with E-state index in [4.69, 9.17) is 23.8 Å². The molecule has 0 atom stereocenters. The van der Waals surface area contributed by atoms with Gasteiger partial charge >= 0.3 is 0 Å². The van der Waals surface area contributed by atoms with Crippen LogP contribution in [-0.2, 0) is 0 Å². The summed E-state index contributed by atoms with van der Waals surface area (Å²) in [7, 11) is 0. The predicted octanol–water partition coefficient (Wildman–Crippen LogP) is 5.72. The lowest BCUT2D eigenvalue weighted by Gasteiger charge is -2.08. The summed E-state index contributed by atoms with van der Waals surface area (Å²) in [6.07, 6.45) is 0. The Morgan fingerprint density at radius 1 is 1.17 bits per heavy atom. The molecule has 0 aliphatic carbocycles. The zero-order valence-electron chi connectivity index (χ0n) is 12.6. The quantitative estimate of drug-likeness (QED) is 0.572. The molecule has 0 fully saturated rings. The van der Waals surface area contributed by atoms with Crippen molar-refractivity contribution in [3.63, 3.8) is 0 Å². The molecule has 24 heavy (non-hydrogen) atoms. The van der Waals surface area contributed by atoms with Crippen LogP contribution in [0.4, 0.5) is 15.2 Å². The van der Waals surface area contributed by atoms with Crippen LogP contribution in [0.25, 0.3) is 11.3 Å². The second-order valence-electron chi connectivity index (χ2n) is 5.11. The number of hydrogen-bond acceptors (Lipinski definition) is 3. The number of nitrogens with one attached hydrogen (secondary N) is 2. The Balaban J connectivity index is 1.66. The van der Waals surface area contributed by atoms with Crippen molar-refractivity contribution in [3.05, 3.63) is 64.2 Å². The number of thiocarbonyl (C=S) groups is 1. The first kappa shape index (κ1) is 16.8. The maximum atomic E-state index is 13.2. The van der Waals surface area contributed by atoms with Crippen molar-refractivity contribution >= 4 is 51.1 Å². The fourth-order valence-corrected chi connectivity index (χ4v) is 3.21. The molecule has 2 N–H and O–H groups in total. The van der Waals surface area contributed by atoms with Gasteiger partial charge in [0.15, 0.2) is 10.2 Å². The van der Waals surface area contributed by atoms with Gasteiger partial charge in [0.25, 0.3) is 0 Å². The van der Waals surface area contributed by atoms with Crippen LogP contribution in [0.5, 0.6) is 0 Å². The first-order chi connectivity index (χ1) is 11.5. The molecule has 122 valence electrons. The lowest BCUT2D eigenvalue weighted by atomic mass is 10.1. The fourth-order valence-electron chi connectivity index (χ4n) is 2.02. The normalized spacial score (nSPS) is 10.5. The summed E-state index contributed by atoms with van der Waals surface area (Å²) >= 11 is 12.5. The number of anilines is 2. The van der Waals surface area contributed by atoms with E-state index in [1.54, 1.807) is 6.07 Å². The molecule has 1 aromatic heterocycles. The maximum Gasteiger partial charge on any atom is 0.189 e. The number of nitrogens with zero attached hydrogens (tertiary/aromatic N) is 1. The van der Waals surface area contributed by atoms with E-state index in [2.05, 4.69) is 15.6 Å². The molecule has 0 aliphatic heterocycles. The van der Waals surface area contributed by atoms with Crippen molar-refractivity contribution < 1.29 is 4.39 Å². The van der Waals surface area contributed by atoms with Crippen LogP contribution in [-0.4, -0.2) is 10.1 Å². The second-order valence-corrected chi connectivity index (χ2v) is 6.79. The Hall–Kier alpha value is -2.02. The Morgan fingerprint density at radius 3 is 2.62 bits per heavy atom. The molecule has 0 bridgehead atoms. The molecule has 0 unspecified atom stereocenters. The summed E-state index contributed by atoms with van der Waals surface area (Å²) in [5.74, 6) is -0.469. The van der Waals surface area contributed by atoms with Crippen LogP contribution < -0.4 is 10.6 Å². The van der Waals surface area contributed by atoms with E-state index in [9.17, 15) is 4.39 Å². The molecule has 0 aliphatic rings. The molecule has 3 rings (SSSR count). The van der Waals surface area contributed by atoms with Crippen molar-refractivity contribution in [1.82, 2.24) is 4.98 Å². The summed E-state index contributed by atoms with van der Waals surface area (Å²) in [6.45, 7) is 2.05. The van der Waals surface area contributed by atoms with E-state index in [1.807, 2.05) is 36.6 Å². The summed E-state index contributed by atoms with van der Waals surface area (Å²) in [5.41, 5.74) is 3.74. The molecule has 3 nitrogen and oxygen atoms in total. The highest BCUT2D eigenvalue weighted by atomic mass is 35.5. The Bertz CT molecular complexity index is 878. The minimum atomic E-state index is -0.469. The van der Waals surface area contributed by atoms with E-state index < -0.39 is 5.82 Å². The molecular weight excluding hydrogens is 365 g/mol. The SMILES string of the molecule is Cc1ccc(-c2csc(NC(=S)Nc3ccc(F)c(Cl)c3)n2)cc1. The van der Waals surface area contributed by atoms with Crippen LogP contribution in [0.1, 0.15) is 5.56 Å². The number of rotatable bonds is 3. The first-order valence-corrected chi connectivity index (χ1v) is 8.73. The van der Waals surface area contributed by atoms with Gasteiger partial charge < -0.3 is 10.6 Å². The molecule has 3 aromatic rings. The van der Waals surface area contributed by atoms with Crippen LogP contribution in [0, 0.1) is 12.7 Å². The standard InChI is InChI=1S/C17H13ClFN3S2/c1-10-2-4-11(5-3-10)15-9-24-17(21-15)22-16(23)20-12-6-7-14(19)13(18)8-12/h2-9H,1H3,(H2,20,21,22,23). The molecule has 7 heteroatoms. The van der Waals surface area contributed by atoms with Gasteiger partial charge in [0, 0.05) is 16.6 Å². The molecule has 0 saturated carbocycles. The summed E-state index contributed by atoms with van der Waals surface area (Å²) in [4.78, 5) is 4.52. The zero-order chi connectivity index (χ0) is 17.1. The van der Waals surface area contributed by atoms with E-state index >= 15 is 0 Å². The zero-order valence-corrected chi connectivity index (χ0v) is 15.0. The van der Waals surface area contributed by atoms with Crippen LogP contribution >= 0.6 is 35.2 Å². The predicted molar refractivity (Wildman–Crippen MR) is 104 cm³/mol. The fraction of sp³-hybridized carbons (Fsp3) is 0.0588. The molecule has 0 amide bonds. The van der Waals surface area contributed by atoms with Gasteiger partial charge in [-0.3, -0.25) is 0 Å². The van der Waals surface area contributed by atoms with Crippen molar-refractivity contribution in [3.8, 4) is 11.3 Å². The van der Waals surface area contributed by atoms with Crippen LogP contribution in [0.3, 0.4) is 0 Å². The van der Waals surface area contributed by atoms with Gasteiger partial charge in [-0.2, -0.15) is 0 Å². The van der Waals surface area contributed by atoms with Crippen molar-refractivity contribution in [2.24, 2.45) is 0 Å². The molecule has 2 aromatic carbocycles. The van der Waals surface area contributed by atoms with Crippen molar-refractivity contribution in [2.75, 3.05) is 10.6 Å². The van der Waals surface area contributed by atoms with Crippen molar-refractivity contribution in [1.29, 1.82) is 0 Å². The summed E-state index contributed by atoms with van der Waals surface area (Å²) in [6, 6.07) is 12.5. The average molecular weight is 378 g/mol. The van der Waals surface area contributed by atoms with Gasteiger partial charge in [-0.05, 0) is 37.3 Å². The monoisotopic (exact) mass is 377 g/mol. The highest BCUT2D eigenvalue weighted by Gasteiger charge is 2.07. The molecular formula is C17H13ClFN3S2. The third kappa shape index (κ3) is 4.08. The largest absolute Gasteiger partial charge is 0.332 e. The smallest absolute Gasteiger partial charge is 0.189 e. The topological polar surface area (TPSA) is 37.0 Å². The third-order valence-corrected chi connectivity index (χ3v) is 4.50.